The van der Waals surface area contributed by atoms with Crippen LogP contribution in [-0.4, -0.2) is 43.7 Å². The Morgan fingerprint density at radius 1 is 1.07 bits per heavy atom. The van der Waals surface area contributed by atoms with Gasteiger partial charge in [0.25, 0.3) is 5.91 Å². The second-order valence-corrected chi connectivity index (χ2v) is 9.40. The molecule has 0 aromatic heterocycles. The van der Waals surface area contributed by atoms with Crippen LogP contribution in [0.3, 0.4) is 0 Å². The molecule has 0 spiro atoms. The van der Waals surface area contributed by atoms with Gasteiger partial charge >= 0.3 is 0 Å². The number of benzene rings is 1. The SMILES string of the molecule is COc1ccccc1N1C(=O)C[C@H](NCCOC23CC4CC(CC(C4)C2)C3)C1=O. The predicted molar refractivity (Wildman–Crippen MR) is 109 cm³/mol. The largest absolute Gasteiger partial charge is 0.495 e. The number of rotatable bonds is 7. The number of ether oxygens (including phenoxy) is 2. The van der Waals surface area contributed by atoms with Crippen LogP contribution in [0.25, 0.3) is 0 Å². The van der Waals surface area contributed by atoms with E-state index in [4.69, 9.17) is 9.47 Å². The number of carbonyl (C=O) groups excluding carboxylic acids is 2. The van der Waals surface area contributed by atoms with Crippen molar-refractivity contribution in [2.45, 2.75) is 56.6 Å². The highest BCUT2D eigenvalue weighted by Gasteiger charge is 2.51. The molecule has 1 heterocycles. The molecule has 1 aromatic carbocycles. The van der Waals surface area contributed by atoms with E-state index in [1.54, 1.807) is 25.3 Å². The number of carbonyl (C=O) groups is 2. The number of imide groups is 1. The van der Waals surface area contributed by atoms with Crippen molar-refractivity contribution in [3.8, 4) is 5.75 Å². The van der Waals surface area contributed by atoms with Crippen molar-refractivity contribution in [1.29, 1.82) is 0 Å². The molecular formula is C23H30N2O4. The zero-order valence-corrected chi connectivity index (χ0v) is 17.1. The molecule has 6 rings (SSSR count). The summed E-state index contributed by atoms with van der Waals surface area (Å²) in [6.45, 7) is 1.18. The molecule has 6 nitrogen and oxygen atoms in total. The van der Waals surface area contributed by atoms with Crippen molar-refractivity contribution in [1.82, 2.24) is 5.32 Å². The molecule has 5 fully saturated rings. The van der Waals surface area contributed by atoms with Gasteiger partial charge in [-0.15, -0.1) is 0 Å². The van der Waals surface area contributed by atoms with Gasteiger partial charge in [-0.1, -0.05) is 12.1 Å². The molecule has 4 saturated carbocycles. The van der Waals surface area contributed by atoms with Crippen LogP contribution in [-0.2, 0) is 14.3 Å². The van der Waals surface area contributed by atoms with Gasteiger partial charge in [0.05, 0.1) is 37.5 Å². The molecule has 1 aliphatic heterocycles. The third kappa shape index (κ3) is 3.46. The minimum atomic E-state index is -0.493. The van der Waals surface area contributed by atoms with Gasteiger partial charge in [-0.25, -0.2) is 4.90 Å². The van der Waals surface area contributed by atoms with E-state index < -0.39 is 6.04 Å². The lowest BCUT2D eigenvalue weighted by atomic mass is 9.54. The van der Waals surface area contributed by atoms with Gasteiger partial charge in [0, 0.05) is 6.54 Å². The molecule has 29 heavy (non-hydrogen) atoms. The van der Waals surface area contributed by atoms with Gasteiger partial charge in [0.2, 0.25) is 5.91 Å². The molecule has 1 aromatic rings. The van der Waals surface area contributed by atoms with Crippen LogP contribution in [0, 0.1) is 17.8 Å². The van der Waals surface area contributed by atoms with Gasteiger partial charge in [-0.05, 0) is 68.4 Å². The second-order valence-electron chi connectivity index (χ2n) is 9.40. The van der Waals surface area contributed by atoms with E-state index in [1.807, 2.05) is 6.07 Å². The average molecular weight is 399 g/mol. The maximum absolute atomic E-state index is 12.8. The lowest BCUT2D eigenvalue weighted by Crippen LogP contribution is -2.52. The van der Waals surface area contributed by atoms with Gasteiger partial charge in [-0.3, -0.25) is 9.59 Å². The highest BCUT2D eigenvalue weighted by atomic mass is 16.5. The number of hydrogen-bond donors (Lipinski definition) is 1. The summed E-state index contributed by atoms with van der Waals surface area (Å²) in [4.78, 5) is 26.6. The van der Waals surface area contributed by atoms with Crippen LogP contribution in [0.15, 0.2) is 24.3 Å². The highest BCUT2D eigenvalue weighted by Crippen LogP contribution is 2.57. The fourth-order valence-electron chi connectivity index (χ4n) is 6.57. The lowest BCUT2D eigenvalue weighted by molar-refractivity contribution is -0.161. The molecule has 2 amide bonds. The summed E-state index contributed by atoms with van der Waals surface area (Å²) in [5.41, 5.74) is 0.592. The minimum Gasteiger partial charge on any atom is -0.495 e. The molecule has 1 saturated heterocycles. The fourth-order valence-corrected chi connectivity index (χ4v) is 6.57. The molecule has 5 aliphatic rings. The number of methoxy groups -OCH3 is 1. The molecule has 1 N–H and O–H groups in total. The number of para-hydroxylation sites is 2. The molecule has 0 unspecified atom stereocenters. The summed E-state index contributed by atoms with van der Waals surface area (Å²) in [6, 6.07) is 6.64. The first kappa shape index (κ1) is 19.1. The van der Waals surface area contributed by atoms with E-state index in [2.05, 4.69) is 5.32 Å². The maximum Gasteiger partial charge on any atom is 0.251 e. The lowest BCUT2D eigenvalue weighted by Gasteiger charge is -2.56. The van der Waals surface area contributed by atoms with E-state index in [0.717, 1.165) is 17.8 Å². The predicted octanol–water partition coefficient (Wildman–Crippen LogP) is 2.90. The van der Waals surface area contributed by atoms with Gasteiger partial charge in [0.15, 0.2) is 0 Å². The second kappa shape index (κ2) is 7.40. The first-order chi connectivity index (χ1) is 14.1. The topological polar surface area (TPSA) is 67.9 Å². The van der Waals surface area contributed by atoms with E-state index in [1.165, 1.54) is 43.4 Å². The third-order valence-corrected chi connectivity index (χ3v) is 7.36. The van der Waals surface area contributed by atoms with Crippen LogP contribution >= 0.6 is 0 Å². The molecule has 6 heteroatoms. The first-order valence-electron chi connectivity index (χ1n) is 10.9. The van der Waals surface area contributed by atoms with Crippen molar-refractivity contribution < 1.29 is 19.1 Å². The van der Waals surface area contributed by atoms with E-state index in [0.29, 0.717) is 24.6 Å². The Balaban J connectivity index is 1.16. The zero-order valence-electron chi connectivity index (χ0n) is 17.1. The molecule has 4 bridgehead atoms. The smallest absolute Gasteiger partial charge is 0.251 e. The van der Waals surface area contributed by atoms with Crippen molar-refractivity contribution in [2.75, 3.05) is 25.2 Å². The Hall–Kier alpha value is -1.92. The summed E-state index contributed by atoms with van der Waals surface area (Å²) in [5, 5.41) is 3.25. The fraction of sp³-hybridized carbons (Fsp3) is 0.652. The number of nitrogens with zero attached hydrogens (tertiary/aromatic N) is 1. The van der Waals surface area contributed by atoms with E-state index in [9.17, 15) is 9.59 Å². The van der Waals surface area contributed by atoms with E-state index >= 15 is 0 Å². The van der Waals surface area contributed by atoms with Gasteiger partial charge in [-0.2, -0.15) is 0 Å². The Labute approximate surface area is 171 Å². The Morgan fingerprint density at radius 2 is 1.72 bits per heavy atom. The van der Waals surface area contributed by atoms with Crippen molar-refractivity contribution in [3.63, 3.8) is 0 Å². The summed E-state index contributed by atoms with van der Waals surface area (Å²) < 4.78 is 11.7. The number of nitrogens with one attached hydrogen (secondary N) is 1. The number of anilines is 1. The highest BCUT2D eigenvalue weighted by molar-refractivity contribution is 6.23. The van der Waals surface area contributed by atoms with E-state index in [-0.39, 0.29) is 23.8 Å². The molecule has 156 valence electrons. The molecule has 4 aliphatic carbocycles. The molecule has 0 radical (unpaired) electrons. The van der Waals surface area contributed by atoms with Crippen LogP contribution in [0.4, 0.5) is 5.69 Å². The monoisotopic (exact) mass is 398 g/mol. The third-order valence-electron chi connectivity index (χ3n) is 7.36. The summed E-state index contributed by atoms with van der Waals surface area (Å²) >= 11 is 0. The van der Waals surface area contributed by atoms with Crippen LogP contribution in [0.2, 0.25) is 0 Å². The van der Waals surface area contributed by atoms with Crippen LogP contribution < -0.4 is 15.0 Å². The van der Waals surface area contributed by atoms with Gasteiger partial charge in [0.1, 0.15) is 5.75 Å². The number of amides is 2. The number of hydrogen-bond acceptors (Lipinski definition) is 5. The quantitative estimate of drug-likeness (QED) is 0.565. The Bertz CT molecular complexity index is 773. The Kier molecular flexibility index (Phi) is 4.87. The normalized spacial score (nSPS) is 35.6. The van der Waals surface area contributed by atoms with Crippen molar-refractivity contribution >= 4 is 17.5 Å². The maximum atomic E-state index is 12.8. The first-order valence-corrected chi connectivity index (χ1v) is 10.9. The van der Waals surface area contributed by atoms with Crippen molar-refractivity contribution in [2.24, 2.45) is 17.8 Å². The van der Waals surface area contributed by atoms with Crippen molar-refractivity contribution in [3.05, 3.63) is 24.3 Å². The van der Waals surface area contributed by atoms with Gasteiger partial charge < -0.3 is 14.8 Å². The molecule has 1 atom stereocenters. The zero-order chi connectivity index (χ0) is 20.0. The Morgan fingerprint density at radius 3 is 2.38 bits per heavy atom. The summed E-state index contributed by atoms with van der Waals surface area (Å²) in [7, 11) is 1.54. The summed E-state index contributed by atoms with van der Waals surface area (Å²) in [5.74, 6) is 2.70. The summed E-state index contributed by atoms with van der Waals surface area (Å²) in [6.07, 6.45) is 8.01. The minimum absolute atomic E-state index is 0.0787. The molecular weight excluding hydrogens is 368 g/mol. The standard InChI is InChI=1S/C23H30N2O4/c1-28-20-5-3-2-4-19(20)25-21(26)11-18(22(25)27)24-6-7-29-23-12-15-8-16(13-23)10-17(9-15)14-23/h2-5,15-18,24H,6-14H2,1H3/t15?,16?,17?,18-,23?/m0/s1. The van der Waals surface area contributed by atoms with Crippen LogP contribution in [0.1, 0.15) is 44.9 Å². The average Bonchev–Trinajstić information content (AvgIpc) is 2.97. The van der Waals surface area contributed by atoms with Crippen LogP contribution in [0.5, 0.6) is 5.75 Å².